The van der Waals surface area contributed by atoms with Crippen molar-refractivity contribution in [3.8, 4) is 0 Å². The zero-order chi connectivity index (χ0) is 23.7. The van der Waals surface area contributed by atoms with Crippen molar-refractivity contribution in [1.29, 1.82) is 0 Å². The number of halogens is 2. The number of hydrogen-bond acceptors (Lipinski definition) is 5. The van der Waals surface area contributed by atoms with E-state index in [1.165, 1.54) is 6.07 Å². The summed E-state index contributed by atoms with van der Waals surface area (Å²) in [6.45, 7) is 4.09. The zero-order valence-corrected chi connectivity index (χ0v) is 18.8. The van der Waals surface area contributed by atoms with Gasteiger partial charge in [-0.05, 0) is 48.2 Å². The molecule has 9 heteroatoms. The SMILES string of the molecule is Cc1ccccc1Nc1ncc2c(n1)CN(C(=O)N[C@@H]1CNC[C@H]1c1ccc(F)c(F)c1)CC2. The van der Waals surface area contributed by atoms with Crippen LogP contribution in [0.15, 0.2) is 48.7 Å². The van der Waals surface area contributed by atoms with E-state index in [1.54, 1.807) is 11.0 Å². The Morgan fingerprint density at radius 3 is 2.82 bits per heavy atom. The average molecular weight is 465 g/mol. The number of aromatic nitrogens is 2. The second-order valence-electron chi connectivity index (χ2n) is 8.77. The predicted molar refractivity (Wildman–Crippen MR) is 125 cm³/mol. The Morgan fingerprint density at radius 1 is 1.15 bits per heavy atom. The molecule has 0 spiro atoms. The van der Waals surface area contributed by atoms with Crippen molar-refractivity contribution < 1.29 is 13.6 Å². The molecule has 0 radical (unpaired) electrons. The maximum absolute atomic E-state index is 13.7. The van der Waals surface area contributed by atoms with Crippen molar-refractivity contribution in [3.05, 3.63) is 82.7 Å². The summed E-state index contributed by atoms with van der Waals surface area (Å²) >= 11 is 0. The number of carbonyl (C=O) groups is 1. The lowest BCUT2D eigenvalue weighted by molar-refractivity contribution is 0.187. The molecule has 3 heterocycles. The first-order valence-electron chi connectivity index (χ1n) is 11.4. The Hall–Kier alpha value is -3.59. The molecule has 5 rings (SSSR count). The van der Waals surface area contributed by atoms with Crippen LogP contribution in [0.25, 0.3) is 0 Å². The lowest BCUT2D eigenvalue weighted by Gasteiger charge is -2.30. The van der Waals surface area contributed by atoms with Crippen LogP contribution in [0.3, 0.4) is 0 Å². The standard InChI is InChI=1S/C25H26F2N6O/c1-15-4-2-3-5-21(15)30-24-29-11-17-8-9-33(14-23(17)31-24)25(34)32-22-13-28-12-18(22)16-6-7-19(26)20(27)10-16/h2-7,10-11,18,22,28H,8-9,12-14H2,1H3,(H,32,34)(H,29,30,31)/t18-,22+/m0/s1. The number of rotatable bonds is 4. The van der Waals surface area contributed by atoms with E-state index >= 15 is 0 Å². The van der Waals surface area contributed by atoms with E-state index in [1.807, 2.05) is 37.4 Å². The number of carbonyl (C=O) groups excluding carboxylic acids is 1. The molecule has 2 aliphatic heterocycles. The van der Waals surface area contributed by atoms with Gasteiger partial charge in [-0.25, -0.2) is 23.5 Å². The molecule has 2 atom stereocenters. The molecule has 0 aliphatic carbocycles. The summed E-state index contributed by atoms with van der Waals surface area (Å²) in [4.78, 5) is 23.9. The van der Waals surface area contributed by atoms with Gasteiger partial charge in [-0.3, -0.25) is 0 Å². The Balaban J connectivity index is 1.26. The number of amides is 2. The van der Waals surface area contributed by atoms with Crippen molar-refractivity contribution in [2.75, 3.05) is 25.0 Å². The smallest absolute Gasteiger partial charge is 0.318 e. The van der Waals surface area contributed by atoms with Gasteiger partial charge in [0.2, 0.25) is 5.95 Å². The summed E-state index contributed by atoms with van der Waals surface area (Å²) < 4.78 is 27.1. The first-order valence-corrected chi connectivity index (χ1v) is 11.4. The predicted octanol–water partition coefficient (Wildman–Crippen LogP) is 3.63. The van der Waals surface area contributed by atoms with E-state index in [0.717, 1.165) is 28.6 Å². The number of aryl methyl sites for hydroxylation is 1. The molecule has 2 amide bonds. The van der Waals surface area contributed by atoms with Crippen LogP contribution in [0.2, 0.25) is 0 Å². The number of para-hydroxylation sites is 1. The number of nitrogens with zero attached hydrogens (tertiary/aromatic N) is 3. The van der Waals surface area contributed by atoms with E-state index < -0.39 is 11.6 Å². The molecular formula is C25H26F2N6O. The highest BCUT2D eigenvalue weighted by Crippen LogP contribution is 2.26. The topological polar surface area (TPSA) is 82.2 Å². The highest BCUT2D eigenvalue weighted by molar-refractivity contribution is 5.75. The van der Waals surface area contributed by atoms with E-state index in [9.17, 15) is 13.6 Å². The third-order valence-electron chi connectivity index (χ3n) is 6.52. The monoisotopic (exact) mass is 464 g/mol. The van der Waals surface area contributed by atoms with E-state index in [-0.39, 0.29) is 18.0 Å². The van der Waals surface area contributed by atoms with Gasteiger partial charge in [0.1, 0.15) is 0 Å². The fraction of sp³-hybridized carbons (Fsp3) is 0.320. The van der Waals surface area contributed by atoms with Crippen LogP contribution in [0.1, 0.15) is 28.3 Å². The highest BCUT2D eigenvalue weighted by atomic mass is 19.2. The van der Waals surface area contributed by atoms with Crippen molar-refractivity contribution in [2.24, 2.45) is 0 Å². The summed E-state index contributed by atoms with van der Waals surface area (Å²) in [5.41, 5.74) is 4.53. The van der Waals surface area contributed by atoms with Crippen LogP contribution in [-0.2, 0) is 13.0 Å². The first kappa shape index (κ1) is 22.2. The number of anilines is 2. The van der Waals surface area contributed by atoms with Crippen molar-refractivity contribution >= 4 is 17.7 Å². The minimum atomic E-state index is -0.878. The van der Waals surface area contributed by atoms with E-state index in [0.29, 0.717) is 44.1 Å². The molecule has 2 aliphatic rings. The maximum atomic E-state index is 13.7. The second kappa shape index (κ2) is 9.34. The van der Waals surface area contributed by atoms with Gasteiger partial charge < -0.3 is 20.9 Å². The van der Waals surface area contributed by atoms with Crippen molar-refractivity contribution in [3.63, 3.8) is 0 Å². The molecule has 3 aromatic rings. The third-order valence-corrected chi connectivity index (χ3v) is 6.52. The maximum Gasteiger partial charge on any atom is 0.318 e. The summed E-state index contributed by atoms with van der Waals surface area (Å²) in [5.74, 6) is -1.39. The molecule has 34 heavy (non-hydrogen) atoms. The van der Waals surface area contributed by atoms with Crippen molar-refractivity contribution in [2.45, 2.75) is 31.8 Å². The van der Waals surface area contributed by atoms with Gasteiger partial charge in [-0.1, -0.05) is 24.3 Å². The van der Waals surface area contributed by atoms with Crippen LogP contribution >= 0.6 is 0 Å². The molecule has 2 aromatic carbocycles. The Labute approximate surface area is 196 Å². The Morgan fingerprint density at radius 2 is 2.00 bits per heavy atom. The molecule has 1 fully saturated rings. The number of urea groups is 1. The third kappa shape index (κ3) is 4.56. The second-order valence-corrected chi connectivity index (χ2v) is 8.77. The summed E-state index contributed by atoms with van der Waals surface area (Å²) in [6.07, 6.45) is 2.49. The molecule has 1 aromatic heterocycles. The molecule has 0 bridgehead atoms. The molecule has 0 saturated carbocycles. The quantitative estimate of drug-likeness (QED) is 0.549. The number of nitrogens with one attached hydrogen (secondary N) is 3. The normalized spacial score (nSPS) is 19.6. The summed E-state index contributed by atoms with van der Waals surface area (Å²) in [5, 5.41) is 9.56. The van der Waals surface area contributed by atoms with Crippen molar-refractivity contribution in [1.82, 2.24) is 25.5 Å². The Bertz CT molecular complexity index is 1220. The molecule has 1 saturated heterocycles. The molecule has 3 N–H and O–H groups in total. The van der Waals surface area contributed by atoms with Gasteiger partial charge in [-0.15, -0.1) is 0 Å². The lowest BCUT2D eigenvalue weighted by Crippen LogP contribution is -2.48. The highest BCUT2D eigenvalue weighted by Gasteiger charge is 2.32. The number of hydrogen-bond donors (Lipinski definition) is 3. The molecule has 176 valence electrons. The number of benzene rings is 2. The fourth-order valence-electron chi connectivity index (χ4n) is 4.54. The van der Waals surface area contributed by atoms with E-state index in [2.05, 4.69) is 25.9 Å². The zero-order valence-electron chi connectivity index (χ0n) is 18.8. The van der Waals surface area contributed by atoms with Gasteiger partial charge in [0.15, 0.2) is 11.6 Å². The summed E-state index contributed by atoms with van der Waals surface area (Å²) in [7, 11) is 0. The molecular weight excluding hydrogens is 438 g/mol. The van der Waals surface area contributed by atoms with Gasteiger partial charge >= 0.3 is 6.03 Å². The van der Waals surface area contributed by atoms with Crippen LogP contribution in [0, 0.1) is 18.6 Å². The van der Waals surface area contributed by atoms with Gasteiger partial charge in [0.05, 0.1) is 18.3 Å². The lowest BCUT2D eigenvalue weighted by atomic mass is 9.94. The van der Waals surface area contributed by atoms with Crippen LogP contribution in [-0.4, -0.2) is 46.6 Å². The van der Waals surface area contributed by atoms with Gasteiger partial charge in [0, 0.05) is 37.4 Å². The van der Waals surface area contributed by atoms with Gasteiger partial charge in [-0.2, -0.15) is 0 Å². The molecule has 7 nitrogen and oxygen atoms in total. The van der Waals surface area contributed by atoms with E-state index in [4.69, 9.17) is 0 Å². The first-order chi connectivity index (χ1) is 16.5. The van der Waals surface area contributed by atoms with Crippen LogP contribution < -0.4 is 16.0 Å². The number of fused-ring (bicyclic) bond motifs is 1. The van der Waals surface area contributed by atoms with Gasteiger partial charge in [0.25, 0.3) is 0 Å². The largest absolute Gasteiger partial charge is 0.333 e. The minimum Gasteiger partial charge on any atom is -0.333 e. The fourth-order valence-corrected chi connectivity index (χ4v) is 4.54. The van der Waals surface area contributed by atoms with Crippen LogP contribution in [0.5, 0.6) is 0 Å². The summed E-state index contributed by atoms with van der Waals surface area (Å²) in [6, 6.07) is 11.4. The minimum absolute atomic E-state index is 0.136. The Kier molecular flexibility index (Phi) is 6.10. The molecule has 0 unspecified atom stereocenters. The van der Waals surface area contributed by atoms with Crippen LogP contribution in [0.4, 0.5) is 25.2 Å². The average Bonchev–Trinajstić information content (AvgIpc) is 3.30.